The highest BCUT2D eigenvalue weighted by Crippen LogP contribution is 2.57. The van der Waals surface area contributed by atoms with Crippen molar-refractivity contribution < 1.29 is 90.2 Å². The van der Waals surface area contributed by atoms with Gasteiger partial charge in [-0.2, -0.15) is 14.7 Å². The molecule has 3 aromatic rings. The van der Waals surface area contributed by atoms with Crippen LogP contribution in [0.2, 0.25) is 0 Å². The molecule has 10 N–H and O–H groups in total. The Morgan fingerprint density at radius 1 is 0.721 bits per heavy atom. The van der Waals surface area contributed by atoms with E-state index in [0.717, 1.165) is 0 Å². The molecule has 18 nitrogen and oxygen atoms in total. The number of ether oxygens (including phenoxy) is 2. The number of aromatic hydroxyl groups is 3. The number of hydrogen-bond donors (Lipinski definition) is 10. The molecule has 1 saturated heterocycles. The summed E-state index contributed by atoms with van der Waals surface area (Å²) in [5, 5.41) is 105. The van der Waals surface area contributed by atoms with Crippen LogP contribution in [0.4, 0.5) is 0 Å². The zero-order valence-corrected chi connectivity index (χ0v) is 21.4. The largest absolute Gasteiger partial charge is 0.504 e. The zero-order chi connectivity index (χ0) is 31.7. The minimum atomic E-state index is -4.60. The summed E-state index contributed by atoms with van der Waals surface area (Å²) in [7, 11) is 0. The number of aliphatic hydroxyl groups excluding tert-OH is 1. The third-order valence-corrected chi connectivity index (χ3v) is 6.45. The van der Waals surface area contributed by atoms with Crippen LogP contribution in [0.1, 0.15) is 10.4 Å². The van der Waals surface area contributed by atoms with Crippen LogP contribution >= 0.6 is 0 Å². The molecule has 1 fully saturated rings. The molecule has 3 aromatic carbocycles. The Morgan fingerprint density at radius 2 is 1.23 bits per heavy atom. The summed E-state index contributed by atoms with van der Waals surface area (Å²) in [5.74, 6) is -27.4. The summed E-state index contributed by atoms with van der Waals surface area (Å²) < 4.78 is 10.9. The summed E-state index contributed by atoms with van der Waals surface area (Å²) in [6, 6.07) is 14.2. The van der Waals surface area contributed by atoms with Crippen molar-refractivity contribution in [2.24, 2.45) is 0 Å². The smallest absolute Gasteiger partial charge is 0.342 e. The Labute approximate surface area is 239 Å². The fraction of sp³-hybridized carbons (Fsp3) is 0.240. The van der Waals surface area contributed by atoms with Gasteiger partial charge in [-0.05, 0) is 36.4 Å². The Bertz CT molecular complexity index is 1420. The van der Waals surface area contributed by atoms with Gasteiger partial charge < -0.3 is 45.4 Å². The molecule has 0 amide bonds. The van der Waals surface area contributed by atoms with Crippen LogP contribution in [0.15, 0.2) is 72.8 Å². The fourth-order valence-corrected chi connectivity index (χ4v) is 4.22. The Kier molecular flexibility index (Phi) is 8.50. The first-order chi connectivity index (χ1) is 20.3. The van der Waals surface area contributed by atoms with E-state index >= 15 is 0 Å². The standard InChI is InChI=1S/C25H24O18/c26-13-21(37-15-7-3-1-4-8-15)23(31,43-38-16-9-5-2-6-10-16)25(33,42-36)24(32,41-35)22(39-21,40-34)20(30)14-11-17(27)19(29)18(28)12-14/h1-12,26-29,31-36H,13H2/t21-,22+,23-,24+,25+/m1/s1. The minimum absolute atomic E-state index is 0.252. The van der Waals surface area contributed by atoms with Crippen molar-refractivity contribution >= 4 is 5.78 Å². The van der Waals surface area contributed by atoms with Gasteiger partial charge in [0.05, 0.1) is 0 Å². The molecule has 0 aliphatic carbocycles. The van der Waals surface area contributed by atoms with Crippen LogP contribution in [-0.2, 0) is 24.3 Å². The van der Waals surface area contributed by atoms with E-state index in [9.17, 15) is 56.3 Å². The predicted molar refractivity (Wildman–Crippen MR) is 131 cm³/mol. The maximum absolute atomic E-state index is 13.8. The summed E-state index contributed by atoms with van der Waals surface area (Å²) in [4.78, 5) is 35.5. The number of hydrogen-bond acceptors (Lipinski definition) is 18. The molecular weight excluding hydrogens is 588 g/mol. The van der Waals surface area contributed by atoms with E-state index in [0.29, 0.717) is 12.1 Å². The average Bonchev–Trinajstić information content (AvgIpc) is 3.03. The lowest BCUT2D eigenvalue weighted by Gasteiger charge is -2.60. The number of rotatable bonds is 11. The molecule has 4 rings (SSSR count). The van der Waals surface area contributed by atoms with Crippen molar-refractivity contribution in [2.45, 2.75) is 28.9 Å². The number of para-hydroxylation sites is 2. The fourth-order valence-electron chi connectivity index (χ4n) is 4.22. The van der Waals surface area contributed by atoms with E-state index in [1.807, 2.05) is 0 Å². The van der Waals surface area contributed by atoms with Gasteiger partial charge >= 0.3 is 28.9 Å². The lowest BCUT2D eigenvalue weighted by atomic mass is 9.78. The Balaban J connectivity index is 2.02. The van der Waals surface area contributed by atoms with Gasteiger partial charge in [0.15, 0.2) is 23.0 Å². The van der Waals surface area contributed by atoms with E-state index in [1.54, 1.807) is 0 Å². The maximum atomic E-state index is 13.8. The van der Waals surface area contributed by atoms with Crippen molar-refractivity contribution in [1.82, 2.24) is 0 Å². The summed E-state index contributed by atoms with van der Waals surface area (Å²) >= 11 is 0. The molecule has 1 aliphatic heterocycles. The topological polar surface area (TPSA) is 284 Å². The molecule has 5 atom stereocenters. The predicted octanol–water partition coefficient (Wildman–Crippen LogP) is 0.0254. The number of phenolic OH excluding ortho intramolecular Hbond substituents is 3. The minimum Gasteiger partial charge on any atom is -0.504 e. The van der Waals surface area contributed by atoms with Gasteiger partial charge in [-0.25, -0.2) is 15.8 Å². The van der Waals surface area contributed by atoms with Gasteiger partial charge in [0.25, 0.3) is 0 Å². The van der Waals surface area contributed by atoms with Gasteiger partial charge in [-0.1, -0.05) is 36.4 Å². The summed E-state index contributed by atoms with van der Waals surface area (Å²) in [6.45, 7) is -1.77. The van der Waals surface area contributed by atoms with Crippen molar-refractivity contribution in [3.8, 4) is 28.7 Å². The second-order valence-electron chi connectivity index (χ2n) is 8.92. The van der Waals surface area contributed by atoms with Crippen LogP contribution in [0.25, 0.3) is 0 Å². The first-order valence-electron chi connectivity index (χ1n) is 11.7. The number of Topliss-reactive ketones (excluding diaryl/α,β-unsaturated/α-hetero) is 1. The first-order valence-corrected chi connectivity index (χ1v) is 11.7. The van der Waals surface area contributed by atoms with Crippen molar-refractivity contribution in [3.63, 3.8) is 0 Å². The second kappa shape index (κ2) is 11.5. The van der Waals surface area contributed by atoms with E-state index in [4.69, 9.17) is 19.2 Å². The van der Waals surface area contributed by atoms with Gasteiger partial charge in [-0.15, -0.1) is 4.89 Å². The first kappa shape index (κ1) is 31.8. The molecule has 0 saturated carbocycles. The van der Waals surface area contributed by atoms with Crippen molar-refractivity contribution in [2.75, 3.05) is 6.61 Å². The molecule has 0 spiro atoms. The normalized spacial score (nSPS) is 30.5. The highest BCUT2D eigenvalue weighted by molar-refractivity contribution is 6.03. The lowest BCUT2D eigenvalue weighted by molar-refractivity contribution is -0.687. The third kappa shape index (κ3) is 4.60. The molecule has 0 aromatic heterocycles. The number of ketones is 1. The monoisotopic (exact) mass is 612 g/mol. The maximum Gasteiger partial charge on any atom is 0.342 e. The highest BCUT2D eigenvalue weighted by atomic mass is 17.3. The molecule has 1 aliphatic rings. The van der Waals surface area contributed by atoms with Crippen LogP contribution in [0.3, 0.4) is 0 Å². The molecule has 0 radical (unpaired) electrons. The van der Waals surface area contributed by atoms with Crippen molar-refractivity contribution in [3.05, 3.63) is 78.4 Å². The third-order valence-electron chi connectivity index (χ3n) is 6.45. The van der Waals surface area contributed by atoms with Crippen LogP contribution in [0, 0.1) is 0 Å². The molecule has 0 unspecified atom stereocenters. The second-order valence-corrected chi connectivity index (χ2v) is 8.92. The number of aliphatic hydroxyl groups is 4. The number of phenols is 3. The average molecular weight is 612 g/mol. The summed E-state index contributed by atoms with van der Waals surface area (Å²) in [6.07, 6.45) is 0. The Hall–Kier alpha value is -4.15. The quantitative estimate of drug-likeness (QED) is 0.0449. The molecule has 0 bridgehead atoms. The summed E-state index contributed by atoms with van der Waals surface area (Å²) in [5.41, 5.74) is -1.05. The number of carbonyl (C=O) groups is 1. The highest BCUT2D eigenvalue weighted by Gasteiger charge is 2.92. The van der Waals surface area contributed by atoms with Crippen LogP contribution < -0.4 is 9.62 Å². The van der Waals surface area contributed by atoms with Gasteiger partial charge in [-0.3, -0.25) is 9.53 Å². The van der Waals surface area contributed by atoms with Gasteiger partial charge in [0.2, 0.25) is 5.78 Å². The number of benzene rings is 3. The van der Waals surface area contributed by atoms with E-state index < -0.39 is 64.1 Å². The van der Waals surface area contributed by atoms with Crippen LogP contribution in [-0.4, -0.2) is 92.8 Å². The molecule has 43 heavy (non-hydrogen) atoms. The van der Waals surface area contributed by atoms with Crippen molar-refractivity contribution in [1.29, 1.82) is 0 Å². The molecule has 1 heterocycles. The molecular formula is C25H24O18. The van der Waals surface area contributed by atoms with Crippen LogP contribution in [0.5, 0.6) is 28.7 Å². The Morgan fingerprint density at radius 3 is 1.70 bits per heavy atom. The van der Waals surface area contributed by atoms with E-state index in [1.165, 1.54) is 60.7 Å². The van der Waals surface area contributed by atoms with E-state index in [2.05, 4.69) is 14.7 Å². The van der Waals surface area contributed by atoms with E-state index in [-0.39, 0.29) is 11.5 Å². The molecule has 18 heteroatoms. The SMILES string of the molecule is O=C(c1cc(O)c(O)c(O)c1)[C@@]1(OO)O[C@@](CO)(Oc2ccccc2)[C@@](O)(OOc2ccccc2)[C@](O)(OO)[C@@]1(O)OO. The van der Waals surface area contributed by atoms with Gasteiger partial charge in [0, 0.05) is 5.56 Å². The number of carbonyl (C=O) groups excluding carboxylic acids is 1. The zero-order valence-electron chi connectivity index (χ0n) is 21.4. The molecule has 232 valence electrons. The van der Waals surface area contributed by atoms with Gasteiger partial charge in [0.1, 0.15) is 12.4 Å². The lowest BCUT2D eigenvalue weighted by Crippen LogP contribution is -2.92.